The van der Waals surface area contributed by atoms with Crippen molar-refractivity contribution in [3.63, 3.8) is 0 Å². The van der Waals surface area contributed by atoms with Crippen molar-refractivity contribution in [2.75, 3.05) is 14.2 Å². The van der Waals surface area contributed by atoms with Crippen LogP contribution in [0.4, 0.5) is 0 Å². The Morgan fingerprint density at radius 3 is 2.23 bits per heavy atom. The molecule has 1 aromatic carbocycles. The van der Waals surface area contributed by atoms with E-state index in [1.165, 1.54) is 0 Å². The van der Waals surface area contributed by atoms with Crippen molar-refractivity contribution in [1.82, 2.24) is 4.90 Å². The predicted octanol–water partition coefficient (Wildman–Crippen LogP) is 3.09. The van der Waals surface area contributed by atoms with Gasteiger partial charge in [0.05, 0.1) is 20.1 Å². The van der Waals surface area contributed by atoms with Gasteiger partial charge in [-0.05, 0) is 56.7 Å². The van der Waals surface area contributed by atoms with Crippen LogP contribution in [0.5, 0.6) is 11.5 Å². The monoisotopic (exact) mass is 361 g/mol. The van der Waals surface area contributed by atoms with E-state index < -0.39 is 5.97 Å². The van der Waals surface area contributed by atoms with Crippen LogP contribution < -0.4 is 9.47 Å². The minimum Gasteiger partial charge on any atom is -0.497 e. The van der Waals surface area contributed by atoms with Gasteiger partial charge in [0.1, 0.15) is 11.5 Å². The number of carbonyl (C=O) groups is 2. The number of nitrogens with zero attached hydrogens (tertiary/aromatic N) is 1. The summed E-state index contributed by atoms with van der Waals surface area (Å²) < 4.78 is 10.8. The van der Waals surface area contributed by atoms with E-state index in [4.69, 9.17) is 14.6 Å². The molecular weight excluding hydrogens is 334 g/mol. The van der Waals surface area contributed by atoms with Crippen LogP contribution in [0.25, 0.3) is 0 Å². The molecule has 0 aromatic heterocycles. The standard InChI is InChI=1S/C20H27NO5/c1-25-17-9-10-18(26-2)15(11-17)12-21(16-7-8-16)19(22)13-3-5-14(6-4-13)20(23)24/h9-11,13-14,16H,3-8,12H2,1-2H3,(H,23,24). The Bertz CT molecular complexity index is 662. The summed E-state index contributed by atoms with van der Waals surface area (Å²) in [7, 11) is 3.25. The van der Waals surface area contributed by atoms with Gasteiger partial charge >= 0.3 is 5.97 Å². The van der Waals surface area contributed by atoms with Crippen LogP contribution in [-0.4, -0.2) is 42.1 Å². The van der Waals surface area contributed by atoms with E-state index in [9.17, 15) is 9.59 Å². The van der Waals surface area contributed by atoms with Crippen molar-refractivity contribution >= 4 is 11.9 Å². The van der Waals surface area contributed by atoms with Gasteiger partial charge in [-0.25, -0.2) is 0 Å². The summed E-state index contributed by atoms with van der Waals surface area (Å²) in [6.45, 7) is 0.503. The van der Waals surface area contributed by atoms with Crippen LogP contribution in [0.2, 0.25) is 0 Å². The highest BCUT2D eigenvalue weighted by atomic mass is 16.5. The highest BCUT2D eigenvalue weighted by Crippen LogP contribution is 2.36. The van der Waals surface area contributed by atoms with Crippen molar-refractivity contribution in [3.05, 3.63) is 23.8 Å². The Hall–Kier alpha value is -2.24. The number of carbonyl (C=O) groups excluding carboxylic acids is 1. The highest BCUT2D eigenvalue weighted by Gasteiger charge is 2.38. The molecule has 1 N–H and O–H groups in total. The molecule has 0 bridgehead atoms. The Morgan fingerprint density at radius 1 is 1.04 bits per heavy atom. The molecule has 142 valence electrons. The molecule has 3 rings (SSSR count). The molecular formula is C20H27NO5. The first-order valence-electron chi connectivity index (χ1n) is 9.27. The Kier molecular flexibility index (Phi) is 5.69. The van der Waals surface area contributed by atoms with E-state index in [0.29, 0.717) is 32.2 Å². The van der Waals surface area contributed by atoms with E-state index in [0.717, 1.165) is 29.9 Å². The summed E-state index contributed by atoms with van der Waals surface area (Å²) in [5, 5.41) is 9.15. The molecule has 0 atom stereocenters. The zero-order valence-electron chi connectivity index (χ0n) is 15.4. The van der Waals surface area contributed by atoms with E-state index in [-0.39, 0.29) is 23.8 Å². The number of hydrogen-bond acceptors (Lipinski definition) is 4. The number of carboxylic acids is 1. The number of aliphatic carboxylic acids is 1. The van der Waals surface area contributed by atoms with E-state index >= 15 is 0 Å². The quantitative estimate of drug-likeness (QED) is 0.808. The molecule has 6 heteroatoms. The molecule has 1 aromatic rings. The van der Waals surface area contributed by atoms with Crippen LogP contribution in [0.3, 0.4) is 0 Å². The smallest absolute Gasteiger partial charge is 0.306 e. The molecule has 2 aliphatic carbocycles. The number of ether oxygens (including phenoxy) is 2. The van der Waals surface area contributed by atoms with Crippen LogP contribution in [0, 0.1) is 11.8 Å². The number of hydrogen-bond donors (Lipinski definition) is 1. The van der Waals surface area contributed by atoms with Gasteiger partial charge in [-0.1, -0.05) is 0 Å². The normalized spacial score (nSPS) is 22.5. The van der Waals surface area contributed by atoms with Gasteiger partial charge in [-0.3, -0.25) is 9.59 Å². The second-order valence-corrected chi connectivity index (χ2v) is 7.26. The molecule has 6 nitrogen and oxygen atoms in total. The lowest BCUT2D eigenvalue weighted by Gasteiger charge is -2.31. The fourth-order valence-corrected chi connectivity index (χ4v) is 3.78. The summed E-state index contributed by atoms with van der Waals surface area (Å²) in [4.78, 5) is 26.2. The summed E-state index contributed by atoms with van der Waals surface area (Å²) in [6, 6.07) is 5.92. The average molecular weight is 361 g/mol. The lowest BCUT2D eigenvalue weighted by Crippen LogP contribution is -2.39. The largest absolute Gasteiger partial charge is 0.497 e. The van der Waals surface area contributed by atoms with E-state index in [2.05, 4.69) is 0 Å². The van der Waals surface area contributed by atoms with Gasteiger partial charge in [0, 0.05) is 24.1 Å². The zero-order valence-corrected chi connectivity index (χ0v) is 15.4. The molecule has 1 amide bonds. The van der Waals surface area contributed by atoms with Crippen LogP contribution in [0.1, 0.15) is 44.1 Å². The summed E-state index contributed by atoms with van der Waals surface area (Å²) in [5.74, 6) is 0.539. The van der Waals surface area contributed by atoms with Crippen molar-refractivity contribution in [2.45, 2.75) is 51.1 Å². The minimum absolute atomic E-state index is 0.0668. The number of carboxylic acid groups (broad SMARTS) is 1. The predicted molar refractivity (Wildman–Crippen MR) is 96.2 cm³/mol. The third-order valence-corrected chi connectivity index (χ3v) is 5.52. The lowest BCUT2D eigenvalue weighted by molar-refractivity contribution is -0.146. The number of rotatable bonds is 7. The van der Waals surface area contributed by atoms with Gasteiger partial charge in [-0.2, -0.15) is 0 Å². The minimum atomic E-state index is -0.740. The van der Waals surface area contributed by atoms with Gasteiger partial charge < -0.3 is 19.5 Å². The molecule has 2 aliphatic rings. The molecule has 0 saturated heterocycles. The van der Waals surface area contributed by atoms with Crippen molar-refractivity contribution in [1.29, 1.82) is 0 Å². The SMILES string of the molecule is COc1ccc(OC)c(CN(C(=O)C2CCC(C(=O)O)CC2)C2CC2)c1. The van der Waals surface area contributed by atoms with E-state index in [1.807, 2.05) is 23.1 Å². The maximum atomic E-state index is 13.1. The van der Waals surface area contributed by atoms with Crippen LogP contribution in [0.15, 0.2) is 18.2 Å². The Labute approximate surface area is 154 Å². The summed E-state index contributed by atoms with van der Waals surface area (Å²) in [6.07, 6.45) is 4.56. The fourth-order valence-electron chi connectivity index (χ4n) is 3.78. The second-order valence-electron chi connectivity index (χ2n) is 7.26. The van der Waals surface area contributed by atoms with Crippen molar-refractivity contribution < 1.29 is 24.2 Å². The van der Waals surface area contributed by atoms with Crippen LogP contribution in [-0.2, 0) is 16.1 Å². The molecule has 0 spiro atoms. The maximum Gasteiger partial charge on any atom is 0.306 e. The van der Waals surface area contributed by atoms with Gasteiger partial charge in [0.15, 0.2) is 0 Å². The first-order chi connectivity index (χ1) is 12.5. The van der Waals surface area contributed by atoms with Crippen molar-refractivity contribution in [3.8, 4) is 11.5 Å². The number of methoxy groups -OCH3 is 2. The van der Waals surface area contributed by atoms with Gasteiger partial charge in [-0.15, -0.1) is 0 Å². The van der Waals surface area contributed by atoms with Gasteiger partial charge in [0.25, 0.3) is 0 Å². The average Bonchev–Trinajstić information content (AvgIpc) is 3.50. The third kappa shape index (κ3) is 4.11. The summed E-state index contributed by atoms with van der Waals surface area (Å²) >= 11 is 0. The Morgan fingerprint density at radius 2 is 1.69 bits per heavy atom. The second kappa shape index (κ2) is 7.98. The molecule has 2 fully saturated rings. The van der Waals surface area contributed by atoms with Crippen molar-refractivity contribution in [2.24, 2.45) is 11.8 Å². The number of benzene rings is 1. The fraction of sp³-hybridized carbons (Fsp3) is 0.600. The first kappa shape index (κ1) is 18.5. The third-order valence-electron chi connectivity index (χ3n) is 5.52. The van der Waals surface area contributed by atoms with Gasteiger partial charge in [0.2, 0.25) is 5.91 Å². The highest BCUT2D eigenvalue weighted by molar-refractivity contribution is 5.80. The molecule has 2 saturated carbocycles. The zero-order chi connectivity index (χ0) is 18.7. The molecule has 0 aliphatic heterocycles. The molecule has 26 heavy (non-hydrogen) atoms. The molecule has 0 heterocycles. The lowest BCUT2D eigenvalue weighted by atomic mass is 9.81. The topological polar surface area (TPSA) is 76.1 Å². The maximum absolute atomic E-state index is 13.1. The summed E-state index contributed by atoms with van der Waals surface area (Å²) in [5.41, 5.74) is 0.936. The first-order valence-corrected chi connectivity index (χ1v) is 9.27. The van der Waals surface area contributed by atoms with Crippen LogP contribution >= 0.6 is 0 Å². The molecule has 0 radical (unpaired) electrons. The number of amides is 1. The van der Waals surface area contributed by atoms with E-state index in [1.54, 1.807) is 14.2 Å². The molecule has 0 unspecified atom stereocenters. The Balaban J connectivity index is 1.72.